The van der Waals surface area contributed by atoms with E-state index < -0.39 is 18.9 Å². The van der Waals surface area contributed by atoms with Crippen LogP contribution in [0.2, 0.25) is 8.87 Å². The third-order valence-electron chi connectivity index (χ3n) is 4.75. The molecule has 3 heteroatoms. The summed E-state index contributed by atoms with van der Waals surface area (Å²) in [5.41, 5.74) is 0.331. The molecule has 0 unspecified atom stereocenters. The Balaban J connectivity index is 2.73. The van der Waals surface area contributed by atoms with Gasteiger partial charge in [-0.1, -0.05) is 0 Å². The van der Waals surface area contributed by atoms with Crippen LogP contribution in [0.25, 0.3) is 0 Å². The molecule has 0 N–H and O–H groups in total. The van der Waals surface area contributed by atoms with E-state index in [1.54, 1.807) is 0 Å². The van der Waals surface area contributed by atoms with Crippen molar-refractivity contribution in [3.8, 4) is 0 Å². The molecule has 0 saturated carbocycles. The summed E-state index contributed by atoms with van der Waals surface area (Å²) in [7, 11) is 4.78. The van der Waals surface area contributed by atoms with Crippen LogP contribution in [-0.4, -0.2) is 44.9 Å². The fourth-order valence-corrected chi connectivity index (χ4v) is 20.5. The molecule has 1 aliphatic rings. The summed E-state index contributed by atoms with van der Waals surface area (Å²) >= 11 is -2.08. The normalized spacial score (nSPS) is 24.4. The zero-order chi connectivity index (χ0) is 12.4. The molecule has 1 aliphatic heterocycles. The third-order valence-corrected chi connectivity index (χ3v) is 21.6. The minimum atomic E-state index is -2.08. The van der Waals surface area contributed by atoms with Crippen LogP contribution < -0.4 is 0 Å². The summed E-state index contributed by atoms with van der Waals surface area (Å²) in [6.07, 6.45) is 5.58. The molecule has 1 saturated heterocycles. The van der Waals surface area contributed by atoms with Gasteiger partial charge in [-0.05, 0) is 0 Å². The number of unbranched alkanes of at least 4 members (excludes halogenated alkanes) is 2. The van der Waals surface area contributed by atoms with Crippen molar-refractivity contribution in [1.29, 1.82) is 0 Å². The van der Waals surface area contributed by atoms with Gasteiger partial charge in [0.1, 0.15) is 0 Å². The average Bonchev–Trinajstić information content (AvgIpc) is 2.28. The summed E-state index contributed by atoms with van der Waals surface area (Å²) in [5, 5.41) is 0. The molecule has 1 heterocycles. The van der Waals surface area contributed by atoms with Gasteiger partial charge in [0.05, 0.1) is 0 Å². The van der Waals surface area contributed by atoms with Crippen LogP contribution in [0.1, 0.15) is 53.4 Å². The maximum absolute atomic E-state index is 2.80. The third kappa shape index (κ3) is 2.30. The van der Waals surface area contributed by atoms with Crippen molar-refractivity contribution >= 4 is 18.9 Å². The second-order valence-corrected chi connectivity index (χ2v) is 18.1. The molecule has 0 aromatic rings. The van der Waals surface area contributed by atoms with E-state index in [2.05, 4.69) is 48.0 Å². The average molecular weight is 333 g/mol. The second kappa shape index (κ2) is 5.57. The molecule has 96 valence electrons. The zero-order valence-corrected chi connectivity index (χ0v) is 15.0. The van der Waals surface area contributed by atoms with Crippen LogP contribution in [0.4, 0.5) is 0 Å². The van der Waals surface area contributed by atoms with E-state index in [-0.39, 0.29) is 0 Å². The minimum absolute atomic E-state index is 0.331. The van der Waals surface area contributed by atoms with E-state index in [0.717, 1.165) is 0 Å². The van der Waals surface area contributed by atoms with Gasteiger partial charge >= 0.3 is 107 Å². The molecular formula is C13H30N2Sn. The Morgan fingerprint density at radius 1 is 0.875 bits per heavy atom. The van der Waals surface area contributed by atoms with Gasteiger partial charge < -0.3 is 0 Å². The molecule has 2 nitrogen and oxygen atoms in total. The molecule has 1 rings (SSSR count). The van der Waals surface area contributed by atoms with Gasteiger partial charge in [0, 0.05) is 0 Å². The van der Waals surface area contributed by atoms with Crippen molar-refractivity contribution in [2.24, 2.45) is 0 Å². The fourth-order valence-electron chi connectivity index (χ4n) is 3.14. The molecule has 0 aliphatic carbocycles. The van der Waals surface area contributed by atoms with Crippen molar-refractivity contribution in [2.45, 2.75) is 67.9 Å². The molecule has 0 amide bonds. The van der Waals surface area contributed by atoms with Gasteiger partial charge in [-0.15, -0.1) is 0 Å². The Bertz CT molecular complexity index is 206. The van der Waals surface area contributed by atoms with E-state index in [0.29, 0.717) is 5.66 Å². The quantitative estimate of drug-likeness (QED) is 0.685. The van der Waals surface area contributed by atoms with E-state index in [9.17, 15) is 0 Å². The molecule has 1 fully saturated rings. The first-order chi connectivity index (χ1) is 7.43. The van der Waals surface area contributed by atoms with E-state index in [4.69, 9.17) is 0 Å². The SMILES string of the molecule is CCC[CH2][Sn]1([CH2]CCC)[N](C)C(C)(C)[N]1C. The predicted octanol–water partition coefficient (Wildman–Crippen LogP) is 3.64. The van der Waals surface area contributed by atoms with Crippen molar-refractivity contribution in [2.75, 3.05) is 14.1 Å². The summed E-state index contributed by atoms with van der Waals surface area (Å²) in [4.78, 5) is 0. The zero-order valence-electron chi connectivity index (χ0n) is 12.1. The fraction of sp³-hybridized carbons (Fsp3) is 1.00. The summed E-state index contributed by atoms with van der Waals surface area (Å²) in [6.45, 7) is 9.40. The Labute approximate surface area is 107 Å². The van der Waals surface area contributed by atoms with Gasteiger partial charge in [0.25, 0.3) is 0 Å². The Hall–Kier alpha value is 0.719. The second-order valence-electron chi connectivity index (χ2n) is 5.80. The van der Waals surface area contributed by atoms with Crippen LogP contribution in [0, 0.1) is 0 Å². The number of hydrogen-bond acceptors (Lipinski definition) is 2. The number of hydrogen-bond donors (Lipinski definition) is 0. The van der Waals surface area contributed by atoms with Crippen LogP contribution >= 0.6 is 0 Å². The van der Waals surface area contributed by atoms with Crippen molar-refractivity contribution in [3.05, 3.63) is 0 Å². The molecule has 16 heavy (non-hydrogen) atoms. The number of nitrogens with zero attached hydrogens (tertiary/aromatic N) is 2. The summed E-state index contributed by atoms with van der Waals surface area (Å²) in [6, 6.07) is 0. The van der Waals surface area contributed by atoms with Crippen molar-refractivity contribution < 1.29 is 0 Å². The predicted molar refractivity (Wildman–Crippen MR) is 74.8 cm³/mol. The van der Waals surface area contributed by atoms with Gasteiger partial charge in [0.2, 0.25) is 0 Å². The number of rotatable bonds is 6. The molecule has 0 aromatic heterocycles. The molecule has 0 aromatic carbocycles. The molecule has 0 spiro atoms. The van der Waals surface area contributed by atoms with Crippen LogP contribution in [0.15, 0.2) is 0 Å². The molecule has 0 radical (unpaired) electrons. The Morgan fingerprint density at radius 2 is 1.25 bits per heavy atom. The van der Waals surface area contributed by atoms with Gasteiger partial charge in [-0.2, -0.15) is 0 Å². The first kappa shape index (κ1) is 14.8. The standard InChI is InChI=1S/C5H12N2.2C4H9.Sn/c1-5(2,6-3)7-4;2*1-3-4-2;/h1-4H3;2*1,3-4H2,2H3;/q-2;;;+2. The van der Waals surface area contributed by atoms with Gasteiger partial charge in [-0.25, -0.2) is 0 Å². The topological polar surface area (TPSA) is 6.48 Å². The first-order valence-corrected chi connectivity index (χ1v) is 13.5. The monoisotopic (exact) mass is 334 g/mol. The van der Waals surface area contributed by atoms with Gasteiger partial charge in [-0.3, -0.25) is 0 Å². The van der Waals surface area contributed by atoms with E-state index in [1.807, 2.05) is 0 Å². The Morgan fingerprint density at radius 3 is 1.56 bits per heavy atom. The Kier molecular flexibility index (Phi) is 5.15. The van der Waals surface area contributed by atoms with E-state index in [1.165, 1.54) is 34.6 Å². The maximum atomic E-state index is 2.80. The van der Waals surface area contributed by atoms with Crippen LogP contribution in [-0.2, 0) is 0 Å². The van der Waals surface area contributed by atoms with Crippen LogP contribution in [0.3, 0.4) is 0 Å². The molecule has 0 atom stereocenters. The van der Waals surface area contributed by atoms with Crippen molar-refractivity contribution in [1.82, 2.24) is 6.24 Å². The van der Waals surface area contributed by atoms with E-state index >= 15 is 0 Å². The summed E-state index contributed by atoms with van der Waals surface area (Å²) < 4.78 is 8.66. The first-order valence-electron chi connectivity index (χ1n) is 6.91. The van der Waals surface area contributed by atoms with Gasteiger partial charge in [0.15, 0.2) is 0 Å². The van der Waals surface area contributed by atoms with Crippen LogP contribution in [0.5, 0.6) is 0 Å². The van der Waals surface area contributed by atoms with Crippen molar-refractivity contribution in [3.63, 3.8) is 0 Å². The molecule has 0 bridgehead atoms. The summed E-state index contributed by atoms with van der Waals surface area (Å²) in [5.74, 6) is 0. The molecular weight excluding hydrogens is 303 g/mol.